The van der Waals surface area contributed by atoms with Gasteiger partial charge in [-0.25, -0.2) is 4.98 Å². The van der Waals surface area contributed by atoms with Gasteiger partial charge in [0, 0.05) is 30.7 Å². The summed E-state index contributed by atoms with van der Waals surface area (Å²) >= 11 is 0. The van der Waals surface area contributed by atoms with Crippen LogP contribution in [0, 0.1) is 0 Å². The molecule has 1 amide bonds. The van der Waals surface area contributed by atoms with Crippen LogP contribution in [-0.4, -0.2) is 45.4 Å². The van der Waals surface area contributed by atoms with Gasteiger partial charge in [0.25, 0.3) is 5.91 Å². The average molecular weight is 312 g/mol. The van der Waals surface area contributed by atoms with Gasteiger partial charge in [0.2, 0.25) is 0 Å². The average Bonchev–Trinajstić information content (AvgIpc) is 3.01. The van der Waals surface area contributed by atoms with Crippen LogP contribution in [-0.2, 0) is 6.42 Å². The molecule has 0 saturated carbocycles. The Morgan fingerprint density at radius 3 is 2.74 bits per heavy atom. The van der Waals surface area contributed by atoms with Crippen molar-refractivity contribution in [3.8, 4) is 0 Å². The molecule has 1 N–H and O–H groups in total. The Balaban J connectivity index is 1.56. The first kappa shape index (κ1) is 14.7. The lowest BCUT2D eigenvalue weighted by molar-refractivity contribution is 0.0879. The van der Waals surface area contributed by atoms with E-state index in [2.05, 4.69) is 29.2 Å². The molecule has 5 nitrogen and oxygen atoms in total. The maximum atomic E-state index is 12.8. The number of aryl methyl sites for hydroxylation is 1. The van der Waals surface area contributed by atoms with E-state index in [1.54, 1.807) is 0 Å². The van der Waals surface area contributed by atoms with Crippen LogP contribution in [0.1, 0.15) is 48.9 Å². The molecule has 4 rings (SSSR count). The summed E-state index contributed by atoms with van der Waals surface area (Å²) in [4.78, 5) is 19.8. The molecule has 2 bridgehead atoms. The van der Waals surface area contributed by atoms with Crippen LogP contribution in [0.4, 0.5) is 0 Å². The standard InChI is InChI=1S/C18H24N4O/c1-3-16-20-17(15-6-4-5-9-22(15)16)18(23)19-12-10-13-7-8-14(11-12)21(13)2/h4-6,9,12-14H,3,7-8,10-11H2,1-2H3,(H,19,23)/t12?,13-,14+. The Morgan fingerprint density at radius 2 is 2.04 bits per heavy atom. The van der Waals surface area contributed by atoms with Crippen molar-refractivity contribution in [1.82, 2.24) is 19.6 Å². The number of pyridine rings is 1. The summed E-state index contributed by atoms with van der Waals surface area (Å²) < 4.78 is 2.02. The van der Waals surface area contributed by atoms with E-state index in [4.69, 9.17) is 0 Å². The highest BCUT2D eigenvalue weighted by atomic mass is 16.2. The molecule has 0 aliphatic carbocycles. The van der Waals surface area contributed by atoms with Gasteiger partial charge in [0.15, 0.2) is 5.69 Å². The minimum absolute atomic E-state index is 0.0256. The molecule has 5 heteroatoms. The predicted octanol–water partition coefficient (Wildman–Crippen LogP) is 2.25. The first-order chi connectivity index (χ1) is 11.2. The van der Waals surface area contributed by atoms with Crippen molar-refractivity contribution in [2.24, 2.45) is 0 Å². The number of carbonyl (C=O) groups is 1. The number of piperidine rings is 1. The molecule has 0 aromatic carbocycles. The van der Waals surface area contributed by atoms with Gasteiger partial charge in [-0.3, -0.25) is 4.79 Å². The minimum atomic E-state index is -0.0256. The third kappa shape index (κ3) is 2.43. The van der Waals surface area contributed by atoms with Gasteiger partial charge in [-0.2, -0.15) is 0 Å². The number of nitrogens with one attached hydrogen (secondary N) is 1. The fourth-order valence-electron chi connectivity index (χ4n) is 4.30. The van der Waals surface area contributed by atoms with E-state index in [1.807, 2.05) is 28.8 Å². The van der Waals surface area contributed by atoms with E-state index in [-0.39, 0.29) is 11.9 Å². The van der Waals surface area contributed by atoms with Gasteiger partial charge in [-0.05, 0) is 44.9 Å². The highest BCUT2D eigenvalue weighted by molar-refractivity contribution is 5.99. The maximum Gasteiger partial charge on any atom is 0.272 e. The molecule has 2 aliphatic rings. The van der Waals surface area contributed by atoms with E-state index in [9.17, 15) is 4.79 Å². The van der Waals surface area contributed by atoms with Crippen LogP contribution in [0.2, 0.25) is 0 Å². The largest absolute Gasteiger partial charge is 0.348 e. The molecular weight excluding hydrogens is 288 g/mol. The molecule has 23 heavy (non-hydrogen) atoms. The van der Waals surface area contributed by atoms with Gasteiger partial charge in [-0.1, -0.05) is 13.0 Å². The Kier molecular flexibility index (Phi) is 3.60. The second-order valence-corrected chi connectivity index (χ2v) is 6.88. The van der Waals surface area contributed by atoms with Crippen LogP contribution in [0.3, 0.4) is 0 Å². The normalized spacial score (nSPS) is 27.5. The second kappa shape index (κ2) is 5.64. The Hall–Kier alpha value is -1.88. The molecule has 0 radical (unpaired) electrons. The molecule has 2 fully saturated rings. The van der Waals surface area contributed by atoms with Gasteiger partial charge in [0.05, 0.1) is 5.52 Å². The molecule has 3 atom stereocenters. The first-order valence-corrected chi connectivity index (χ1v) is 8.66. The summed E-state index contributed by atoms with van der Waals surface area (Å²) in [6.45, 7) is 2.07. The van der Waals surface area contributed by atoms with E-state index in [0.29, 0.717) is 17.8 Å². The van der Waals surface area contributed by atoms with Crippen LogP contribution in [0.15, 0.2) is 24.4 Å². The molecule has 4 heterocycles. The third-order valence-corrected chi connectivity index (χ3v) is 5.59. The van der Waals surface area contributed by atoms with Gasteiger partial charge in [0.1, 0.15) is 5.82 Å². The zero-order chi connectivity index (χ0) is 16.0. The number of rotatable bonds is 3. The Bertz CT molecular complexity index is 724. The summed E-state index contributed by atoms with van der Waals surface area (Å²) in [5.74, 6) is 0.913. The van der Waals surface area contributed by atoms with E-state index in [0.717, 1.165) is 30.6 Å². The van der Waals surface area contributed by atoms with Crippen molar-refractivity contribution >= 4 is 11.4 Å². The van der Waals surface area contributed by atoms with Crippen LogP contribution >= 0.6 is 0 Å². The van der Waals surface area contributed by atoms with Crippen molar-refractivity contribution in [2.45, 2.75) is 57.2 Å². The first-order valence-electron chi connectivity index (χ1n) is 8.66. The van der Waals surface area contributed by atoms with Gasteiger partial charge < -0.3 is 14.6 Å². The van der Waals surface area contributed by atoms with Gasteiger partial charge in [-0.15, -0.1) is 0 Å². The molecule has 2 aliphatic heterocycles. The predicted molar refractivity (Wildman–Crippen MR) is 89.6 cm³/mol. The van der Waals surface area contributed by atoms with E-state index < -0.39 is 0 Å². The van der Waals surface area contributed by atoms with Crippen molar-refractivity contribution < 1.29 is 4.79 Å². The zero-order valence-electron chi connectivity index (χ0n) is 13.8. The summed E-state index contributed by atoms with van der Waals surface area (Å²) in [5.41, 5.74) is 1.46. The minimum Gasteiger partial charge on any atom is -0.348 e. The molecule has 1 unspecified atom stereocenters. The fraction of sp³-hybridized carbons (Fsp3) is 0.556. The molecule has 122 valence electrons. The molecule has 0 spiro atoms. The zero-order valence-corrected chi connectivity index (χ0v) is 13.8. The number of aromatic nitrogens is 2. The lowest BCUT2D eigenvalue weighted by Gasteiger charge is -2.36. The lowest BCUT2D eigenvalue weighted by Crippen LogP contribution is -2.48. The van der Waals surface area contributed by atoms with Crippen LogP contribution in [0.5, 0.6) is 0 Å². The number of carbonyl (C=O) groups excluding carboxylic acids is 1. The summed E-state index contributed by atoms with van der Waals surface area (Å²) in [7, 11) is 2.22. The summed E-state index contributed by atoms with van der Waals surface area (Å²) in [6, 6.07) is 7.45. The van der Waals surface area contributed by atoms with E-state index in [1.165, 1.54) is 12.8 Å². The Morgan fingerprint density at radius 1 is 1.30 bits per heavy atom. The van der Waals surface area contributed by atoms with Crippen LogP contribution < -0.4 is 5.32 Å². The van der Waals surface area contributed by atoms with Crippen molar-refractivity contribution in [2.75, 3.05) is 7.05 Å². The summed E-state index contributed by atoms with van der Waals surface area (Å²) in [5, 5.41) is 3.24. The van der Waals surface area contributed by atoms with Crippen LogP contribution in [0.25, 0.3) is 5.52 Å². The smallest absolute Gasteiger partial charge is 0.272 e. The molecule has 2 saturated heterocycles. The topological polar surface area (TPSA) is 49.6 Å². The van der Waals surface area contributed by atoms with Crippen molar-refractivity contribution in [3.05, 3.63) is 35.9 Å². The second-order valence-electron chi connectivity index (χ2n) is 6.88. The quantitative estimate of drug-likeness (QED) is 0.946. The highest BCUT2D eigenvalue weighted by Gasteiger charge is 2.39. The number of hydrogen-bond donors (Lipinski definition) is 1. The molecular formula is C18H24N4O. The molecule has 2 aromatic heterocycles. The summed E-state index contributed by atoms with van der Waals surface area (Å²) in [6.07, 6.45) is 7.45. The van der Waals surface area contributed by atoms with E-state index >= 15 is 0 Å². The third-order valence-electron chi connectivity index (χ3n) is 5.59. The highest BCUT2D eigenvalue weighted by Crippen LogP contribution is 2.34. The maximum absolute atomic E-state index is 12.8. The number of amides is 1. The fourth-order valence-corrected chi connectivity index (χ4v) is 4.30. The van der Waals surface area contributed by atoms with Crippen molar-refractivity contribution in [1.29, 1.82) is 0 Å². The number of fused-ring (bicyclic) bond motifs is 3. The molecule has 2 aromatic rings. The lowest BCUT2D eigenvalue weighted by atomic mass is 9.98. The SMILES string of the molecule is CCc1nc(C(=O)NC2C[C@H]3CC[C@@H](C2)N3C)c2ccccn12. The number of imidazole rings is 1. The number of nitrogens with zero attached hydrogens (tertiary/aromatic N) is 3. The Labute approximate surface area is 136 Å². The van der Waals surface area contributed by atoms with Crippen molar-refractivity contribution in [3.63, 3.8) is 0 Å². The monoisotopic (exact) mass is 312 g/mol. The van der Waals surface area contributed by atoms with Gasteiger partial charge >= 0.3 is 0 Å². The number of hydrogen-bond acceptors (Lipinski definition) is 3.